The number of benzene rings is 2. The van der Waals surface area contributed by atoms with E-state index in [2.05, 4.69) is 15.6 Å². The molecule has 0 bridgehead atoms. The Balaban J connectivity index is 1.69. The zero-order valence-corrected chi connectivity index (χ0v) is 17.0. The van der Waals surface area contributed by atoms with Crippen molar-refractivity contribution in [1.29, 1.82) is 0 Å². The van der Waals surface area contributed by atoms with E-state index in [1.807, 2.05) is 0 Å². The fraction of sp³-hybridized carbons (Fsp3) is 0.316. The van der Waals surface area contributed by atoms with Crippen molar-refractivity contribution in [1.82, 2.24) is 10.6 Å². The van der Waals surface area contributed by atoms with Gasteiger partial charge in [0.15, 0.2) is 15.8 Å². The van der Waals surface area contributed by atoms with Crippen LogP contribution in [0.5, 0.6) is 0 Å². The van der Waals surface area contributed by atoms with E-state index in [9.17, 15) is 12.8 Å². The zero-order chi connectivity index (χ0) is 19.7. The van der Waals surface area contributed by atoms with Crippen molar-refractivity contribution < 1.29 is 12.8 Å². The van der Waals surface area contributed by atoms with Gasteiger partial charge in [-0.1, -0.05) is 12.1 Å². The summed E-state index contributed by atoms with van der Waals surface area (Å²) in [6.45, 7) is 1.31. The lowest BCUT2D eigenvalue weighted by Crippen LogP contribution is -2.37. The van der Waals surface area contributed by atoms with E-state index in [0.29, 0.717) is 17.4 Å². The molecule has 0 spiro atoms. The van der Waals surface area contributed by atoms with Crippen LogP contribution < -0.4 is 10.6 Å². The third-order valence-corrected chi connectivity index (χ3v) is 5.96. The number of nitrogens with zero attached hydrogens (tertiary/aromatic N) is 1. The van der Waals surface area contributed by atoms with E-state index in [-0.39, 0.29) is 5.82 Å². The van der Waals surface area contributed by atoms with Crippen LogP contribution in [0.25, 0.3) is 0 Å². The van der Waals surface area contributed by atoms with Gasteiger partial charge in [-0.15, -0.1) is 11.8 Å². The van der Waals surface area contributed by atoms with Crippen LogP contribution in [0, 0.1) is 5.82 Å². The summed E-state index contributed by atoms with van der Waals surface area (Å²) in [7, 11) is -1.47. The summed E-state index contributed by atoms with van der Waals surface area (Å²) in [6.07, 6.45) is 2.13. The van der Waals surface area contributed by atoms with Crippen molar-refractivity contribution in [2.24, 2.45) is 4.99 Å². The highest BCUT2D eigenvalue weighted by molar-refractivity contribution is 7.99. The van der Waals surface area contributed by atoms with E-state index in [0.717, 1.165) is 29.2 Å². The molecule has 5 nitrogen and oxygen atoms in total. The maximum atomic E-state index is 12.9. The predicted octanol–water partition coefficient (Wildman–Crippen LogP) is 3.08. The normalized spacial score (nSPS) is 12.0. The maximum absolute atomic E-state index is 12.9. The fourth-order valence-electron chi connectivity index (χ4n) is 2.26. The van der Waals surface area contributed by atoms with Crippen LogP contribution in [0.15, 0.2) is 63.3 Å². The second-order valence-electron chi connectivity index (χ2n) is 5.92. The molecule has 8 heteroatoms. The minimum absolute atomic E-state index is 0.221. The van der Waals surface area contributed by atoms with Crippen molar-refractivity contribution in [3.05, 3.63) is 59.9 Å². The SMILES string of the molecule is CN=C(NCCCSc1ccc(F)cc1)NCc1ccc(S(C)(=O)=O)cc1. The molecule has 27 heavy (non-hydrogen) atoms. The van der Waals surface area contributed by atoms with E-state index in [1.165, 1.54) is 18.4 Å². The molecule has 0 radical (unpaired) electrons. The van der Waals surface area contributed by atoms with Crippen LogP contribution in [0.3, 0.4) is 0 Å². The summed E-state index contributed by atoms with van der Waals surface area (Å²) in [5, 5.41) is 6.44. The molecule has 146 valence electrons. The Morgan fingerprint density at radius 2 is 1.74 bits per heavy atom. The maximum Gasteiger partial charge on any atom is 0.191 e. The lowest BCUT2D eigenvalue weighted by molar-refractivity contribution is 0.602. The molecule has 2 rings (SSSR count). The first-order valence-electron chi connectivity index (χ1n) is 8.50. The molecule has 0 aromatic heterocycles. The number of sulfone groups is 1. The Labute approximate surface area is 164 Å². The van der Waals surface area contributed by atoms with Gasteiger partial charge < -0.3 is 10.6 Å². The van der Waals surface area contributed by atoms with E-state index >= 15 is 0 Å². The number of hydrogen-bond acceptors (Lipinski definition) is 4. The van der Waals surface area contributed by atoms with Gasteiger partial charge in [-0.25, -0.2) is 12.8 Å². The van der Waals surface area contributed by atoms with Gasteiger partial charge in [0.25, 0.3) is 0 Å². The molecular formula is C19H24FN3O2S2. The lowest BCUT2D eigenvalue weighted by Gasteiger charge is -2.12. The summed E-state index contributed by atoms with van der Waals surface area (Å²) >= 11 is 1.69. The molecule has 0 aliphatic carbocycles. The Kier molecular flexibility index (Phi) is 8.12. The molecule has 2 aromatic carbocycles. The number of guanidine groups is 1. The van der Waals surface area contributed by atoms with Gasteiger partial charge >= 0.3 is 0 Å². The van der Waals surface area contributed by atoms with Gasteiger partial charge in [-0.3, -0.25) is 4.99 Å². The molecular weight excluding hydrogens is 385 g/mol. The van der Waals surface area contributed by atoms with Crippen LogP contribution in [-0.2, 0) is 16.4 Å². The van der Waals surface area contributed by atoms with Gasteiger partial charge in [0.05, 0.1) is 4.90 Å². The average molecular weight is 410 g/mol. The second kappa shape index (κ2) is 10.3. The fourth-order valence-corrected chi connectivity index (χ4v) is 3.74. The molecule has 0 atom stereocenters. The summed E-state index contributed by atoms with van der Waals surface area (Å²) in [6, 6.07) is 13.3. The predicted molar refractivity (Wildman–Crippen MR) is 109 cm³/mol. The molecule has 0 saturated carbocycles. The highest BCUT2D eigenvalue weighted by Crippen LogP contribution is 2.18. The average Bonchev–Trinajstić information content (AvgIpc) is 2.65. The van der Waals surface area contributed by atoms with Crippen molar-refractivity contribution in [2.45, 2.75) is 22.8 Å². The smallest absolute Gasteiger partial charge is 0.191 e. The molecule has 0 saturated heterocycles. The van der Waals surface area contributed by atoms with E-state index < -0.39 is 9.84 Å². The standard InChI is InChI=1S/C19H24FN3O2S2/c1-21-19(22-12-3-13-26-17-8-6-16(20)7-9-17)23-14-15-4-10-18(11-5-15)27(2,24)25/h4-11H,3,12-14H2,1-2H3,(H2,21,22,23). The number of halogens is 1. The first-order valence-corrected chi connectivity index (χ1v) is 11.4. The summed E-state index contributed by atoms with van der Waals surface area (Å²) < 4.78 is 35.8. The van der Waals surface area contributed by atoms with Crippen molar-refractivity contribution in [3.8, 4) is 0 Å². The number of rotatable bonds is 8. The highest BCUT2D eigenvalue weighted by Gasteiger charge is 2.06. The Morgan fingerprint density at radius 1 is 1.07 bits per heavy atom. The number of aliphatic imine (C=N–C) groups is 1. The monoisotopic (exact) mass is 409 g/mol. The molecule has 0 amide bonds. The van der Waals surface area contributed by atoms with Crippen LogP contribution in [0.1, 0.15) is 12.0 Å². The minimum Gasteiger partial charge on any atom is -0.356 e. The minimum atomic E-state index is -3.17. The number of thioether (sulfide) groups is 1. The van der Waals surface area contributed by atoms with E-state index in [4.69, 9.17) is 0 Å². The quantitative estimate of drug-likeness (QED) is 0.303. The topological polar surface area (TPSA) is 70.6 Å². The Hall–Kier alpha value is -2.06. The van der Waals surface area contributed by atoms with Gasteiger partial charge in [0.1, 0.15) is 5.82 Å². The third kappa shape index (κ3) is 7.60. The molecule has 2 N–H and O–H groups in total. The summed E-state index contributed by atoms with van der Waals surface area (Å²) in [5.41, 5.74) is 0.970. The molecule has 0 aliphatic heterocycles. The van der Waals surface area contributed by atoms with Crippen LogP contribution in [-0.4, -0.2) is 40.0 Å². The van der Waals surface area contributed by atoms with Gasteiger partial charge in [-0.05, 0) is 54.1 Å². The lowest BCUT2D eigenvalue weighted by atomic mass is 10.2. The molecule has 0 fully saturated rings. The summed E-state index contributed by atoms with van der Waals surface area (Å²) in [4.78, 5) is 5.54. The van der Waals surface area contributed by atoms with Gasteiger partial charge in [-0.2, -0.15) is 0 Å². The molecule has 0 aliphatic rings. The highest BCUT2D eigenvalue weighted by atomic mass is 32.2. The Morgan fingerprint density at radius 3 is 2.33 bits per heavy atom. The first kappa shape index (κ1) is 21.2. The van der Waals surface area contributed by atoms with E-state index in [1.54, 1.807) is 55.2 Å². The van der Waals surface area contributed by atoms with Crippen molar-refractivity contribution >= 4 is 27.6 Å². The third-order valence-electron chi connectivity index (χ3n) is 3.73. The number of hydrogen-bond donors (Lipinski definition) is 2. The molecule has 0 unspecified atom stereocenters. The van der Waals surface area contributed by atoms with Crippen molar-refractivity contribution in [3.63, 3.8) is 0 Å². The largest absolute Gasteiger partial charge is 0.356 e. The zero-order valence-electron chi connectivity index (χ0n) is 15.4. The second-order valence-corrected chi connectivity index (χ2v) is 9.11. The van der Waals surface area contributed by atoms with Gasteiger partial charge in [0.2, 0.25) is 0 Å². The van der Waals surface area contributed by atoms with Gasteiger partial charge in [0, 0.05) is 31.3 Å². The Bertz CT molecular complexity index is 852. The molecule has 2 aromatic rings. The number of nitrogens with one attached hydrogen (secondary N) is 2. The van der Waals surface area contributed by atoms with Crippen LogP contribution >= 0.6 is 11.8 Å². The van der Waals surface area contributed by atoms with Crippen LogP contribution in [0.2, 0.25) is 0 Å². The summed E-state index contributed by atoms with van der Waals surface area (Å²) in [5.74, 6) is 1.39. The first-order chi connectivity index (χ1) is 12.9. The molecule has 0 heterocycles. The van der Waals surface area contributed by atoms with Crippen LogP contribution in [0.4, 0.5) is 4.39 Å². The van der Waals surface area contributed by atoms with Crippen molar-refractivity contribution in [2.75, 3.05) is 25.6 Å².